The van der Waals surface area contributed by atoms with Crippen LogP contribution in [-0.4, -0.2) is 20.7 Å². The third-order valence-corrected chi connectivity index (χ3v) is 3.63. The second-order valence-corrected chi connectivity index (χ2v) is 5.55. The zero-order valence-electron chi connectivity index (χ0n) is 13.7. The van der Waals surface area contributed by atoms with Crippen molar-refractivity contribution in [1.29, 1.82) is 5.26 Å². The van der Waals surface area contributed by atoms with E-state index in [1.807, 2.05) is 50.4 Å². The number of para-hydroxylation sites is 1. The molecule has 0 amide bonds. The number of nitrogens with zero attached hydrogens (tertiary/aromatic N) is 5. The van der Waals surface area contributed by atoms with Gasteiger partial charge in [0.05, 0.1) is 18.7 Å². The molecule has 1 N–H and O–H groups in total. The van der Waals surface area contributed by atoms with Crippen LogP contribution in [-0.2, 0) is 6.54 Å². The van der Waals surface area contributed by atoms with Crippen LogP contribution in [0.4, 0.5) is 5.95 Å². The Hall–Kier alpha value is -3.20. The van der Waals surface area contributed by atoms with Gasteiger partial charge in [0, 0.05) is 40.6 Å². The summed E-state index contributed by atoms with van der Waals surface area (Å²) in [5.41, 5.74) is 6.75. The molecule has 0 aliphatic heterocycles. The highest BCUT2D eigenvalue weighted by Crippen LogP contribution is 2.20. The Morgan fingerprint density at radius 2 is 2.00 bits per heavy atom. The van der Waals surface area contributed by atoms with Crippen LogP contribution >= 0.6 is 0 Å². The quantitative estimate of drug-likeness (QED) is 0.577. The molecule has 6 nitrogen and oxygen atoms in total. The van der Waals surface area contributed by atoms with Crippen molar-refractivity contribution in [3.63, 3.8) is 0 Å². The van der Waals surface area contributed by atoms with E-state index >= 15 is 0 Å². The van der Waals surface area contributed by atoms with Gasteiger partial charge in [-0.25, -0.2) is 15.4 Å². The van der Waals surface area contributed by atoms with Crippen LogP contribution in [0.5, 0.6) is 0 Å². The lowest BCUT2D eigenvalue weighted by atomic mass is 10.2. The van der Waals surface area contributed by atoms with E-state index in [4.69, 9.17) is 5.26 Å². The fourth-order valence-corrected chi connectivity index (χ4v) is 2.67. The molecule has 0 fully saturated rings. The van der Waals surface area contributed by atoms with Crippen molar-refractivity contribution in [1.82, 2.24) is 14.5 Å². The average molecular weight is 318 g/mol. The summed E-state index contributed by atoms with van der Waals surface area (Å²) in [4.78, 5) is 8.59. The molecular weight excluding hydrogens is 300 g/mol. The minimum Gasteiger partial charge on any atom is -0.346 e. The molecule has 3 aromatic rings. The van der Waals surface area contributed by atoms with Gasteiger partial charge in [0.1, 0.15) is 0 Å². The molecular formula is C18H18N6. The molecule has 0 bridgehead atoms. The molecule has 0 unspecified atom stereocenters. The van der Waals surface area contributed by atoms with Gasteiger partial charge in [0.2, 0.25) is 5.95 Å². The number of anilines is 1. The maximum absolute atomic E-state index is 8.81. The lowest BCUT2D eigenvalue weighted by molar-refractivity contribution is 0.744. The van der Waals surface area contributed by atoms with Gasteiger partial charge in [-0.05, 0) is 26.0 Å². The van der Waals surface area contributed by atoms with E-state index in [-0.39, 0.29) is 0 Å². The van der Waals surface area contributed by atoms with E-state index in [1.165, 1.54) is 0 Å². The van der Waals surface area contributed by atoms with Gasteiger partial charge in [-0.3, -0.25) is 0 Å². The second kappa shape index (κ2) is 6.92. The van der Waals surface area contributed by atoms with Crippen molar-refractivity contribution in [2.75, 3.05) is 5.43 Å². The molecule has 2 aromatic heterocycles. The molecule has 0 aliphatic rings. The molecule has 1 aromatic carbocycles. The molecule has 120 valence electrons. The van der Waals surface area contributed by atoms with E-state index in [2.05, 4.69) is 31.1 Å². The number of aryl methyl sites for hydroxylation is 3. The second-order valence-electron chi connectivity index (χ2n) is 5.55. The molecule has 0 radical (unpaired) electrons. The predicted molar refractivity (Wildman–Crippen MR) is 94.9 cm³/mol. The number of aromatic nitrogens is 3. The van der Waals surface area contributed by atoms with Crippen LogP contribution in [0.15, 0.2) is 41.6 Å². The summed E-state index contributed by atoms with van der Waals surface area (Å²) in [5.74, 6) is 0.483. The summed E-state index contributed by atoms with van der Waals surface area (Å²) >= 11 is 0. The Bertz CT molecular complexity index is 912. The van der Waals surface area contributed by atoms with Crippen molar-refractivity contribution < 1.29 is 0 Å². The number of nitrogens with one attached hydrogen (secondary N) is 1. The molecule has 6 heteroatoms. The summed E-state index contributed by atoms with van der Waals surface area (Å²) in [7, 11) is 0. The van der Waals surface area contributed by atoms with Gasteiger partial charge in [0.15, 0.2) is 0 Å². The first-order valence-corrected chi connectivity index (χ1v) is 7.73. The van der Waals surface area contributed by atoms with E-state index < -0.39 is 0 Å². The van der Waals surface area contributed by atoms with Crippen molar-refractivity contribution in [3.05, 3.63) is 53.5 Å². The standard InChI is InChI=1S/C18H18N6/c1-13-10-14(2)22-18(21-13)23-20-11-15-12-24(9-5-8-19)17-7-4-3-6-16(15)17/h3-4,6-7,10-12H,5,9H2,1-2H3,(H,21,22,23)/b20-11-. The Morgan fingerprint density at radius 3 is 2.75 bits per heavy atom. The van der Waals surface area contributed by atoms with Gasteiger partial charge < -0.3 is 4.57 Å². The highest BCUT2D eigenvalue weighted by molar-refractivity contribution is 5.99. The van der Waals surface area contributed by atoms with Crippen LogP contribution in [0.3, 0.4) is 0 Å². The molecule has 0 spiro atoms. The number of hydrogen-bond donors (Lipinski definition) is 1. The monoisotopic (exact) mass is 318 g/mol. The first-order valence-electron chi connectivity index (χ1n) is 7.73. The molecule has 0 saturated carbocycles. The largest absolute Gasteiger partial charge is 0.346 e. The summed E-state index contributed by atoms with van der Waals surface area (Å²) in [6, 6.07) is 12.2. The number of hydrazone groups is 1. The Labute approximate surface area is 140 Å². The van der Waals surface area contributed by atoms with Gasteiger partial charge in [-0.1, -0.05) is 18.2 Å². The van der Waals surface area contributed by atoms with E-state index in [9.17, 15) is 0 Å². The fraction of sp³-hybridized carbons (Fsp3) is 0.222. The molecule has 24 heavy (non-hydrogen) atoms. The zero-order valence-corrected chi connectivity index (χ0v) is 13.7. The number of hydrogen-bond acceptors (Lipinski definition) is 5. The number of rotatable bonds is 5. The number of fused-ring (bicyclic) bond motifs is 1. The van der Waals surface area contributed by atoms with Gasteiger partial charge in [-0.15, -0.1) is 0 Å². The van der Waals surface area contributed by atoms with Crippen LogP contribution in [0.2, 0.25) is 0 Å². The zero-order chi connectivity index (χ0) is 16.9. The average Bonchev–Trinajstić information content (AvgIpc) is 2.90. The number of benzene rings is 1. The maximum Gasteiger partial charge on any atom is 0.243 e. The van der Waals surface area contributed by atoms with Crippen molar-refractivity contribution in [2.24, 2.45) is 5.10 Å². The highest BCUT2D eigenvalue weighted by atomic mass is 15.3. The first-order chi connectivity index (χ1) is 11.7. The Morgan fingerprint density at radius 1 is 1.25 bits per heavy atom. The van der Waals surface area contributed by atoms with E-state index in [0.717, 1.165) is 27.9 Å². The van der Waals surface area contributed by atoms with Crippen molar-refractivity contribution in [2.45, 2.75) is 26.8 Å². The van der Waals surface area contributed by atoms with E-state index in [1.54, 1.807) is 6.21 Å². The smallest absolute Gasteiger partial charge is 0.243 e. The van der Waals surface area contributed by atoms with Gasteiger partial charge in [0.25, 0.3) is 0 Å². The van der Waals surface area contributed by atoms with E-state index in [0.29, 0.717) is 18.9 Å². The summed E-state index contributed by atoms with van der Waals surface area (Å²) < 4.78 is 2.08. The molecule has 0 atom stereocenters. The van der Waals surface area contributed by atoms with Crippen LogP contribution in [0.1, 0.15) is 23.4 Å². The topological polar surface area (TPSA) is 78.9 Å². The van der Waals surface area contributed by atoms with Crippen LogP contribution in [0, 0.1) is 25.2 Å². The third-order valence-electron chi connectivity index (χ3n) is 3.63. The number of nitriles is 1. The minimum absolute atomic E-state index is 0.476. The summed E-state index contributed by atoms with van der Waals surface area (Å²) in [6.45, 7) is 4.51. The van der Waals surface area contributed by atoms with Gasteiger partial charge in [-0.2, -0.15) is 10.4 Å². The van der Waals surface area contributed by atoms with Crippen LogP contribution in [0.25, 0.3) is 10.9 Å². The SMILES string of the molecule is Cc1cc(C)nc(N/N=C\c2cn(CCC#N)c3ccccc23)n1. The summed E-state index contributed by atoms with van der Waals surface area (Å²) in [6.07, 6.45) is 4.24. The lowest BCUT2D eigenvalue weighted by Crippen LogP contribution is -1.99. The molecule has 0 saturated heterocycles. The first kappa shape index (κ1) is 15.7. The summed E-state index contributed by atoms with van der Waals surface area (Å²) in [5, 5.41) is 14.2. The lowest BCUT2D eigenvalue weighted by Gasteiger charge is -2.01. The normalized spacial score (nSPS) is 11.0. The van der Waals surface area contributed by atoms with Crippen molar-refractivity contribution in [3.8, 4) is 6.07 Å². The van der Waals surface area contributed by atoms with Gasteiger partial charge >= 0.3 is 0 Å². The van der Waals surface area contributed by atoms with Crippen LogP contribution < -0.4 is 5.43 Å². The third kappa shape index (κ3) is 3.41. The molecule has 0 aliphatic carbocycles. The maximum atomic E-state index is 8.81. The Kier molecular flexibility index (Phi) is 4.52. The minimum atomic E-state index is 0.476. The van der Waals surface area contributed by atoms with Crippen molar-refractivity contribution >= 4 is 23.1 Å². The highest BCUT2D eigenvalue weighted by Gasteiger charge is 2.06. The molecule has 2 heterocycles. The molecule has 3 rings (SSSR count). The predicted octanol–water partition coefficient (Wildman–Crippen LogP) is 3.41. The Balaban J connectivity index is 1.85. The fourth-order valence-electron chi connectivity index (χ4n) is 2.67.